The summed E-state index contributed by atoms with van der Waals surface area (Å²) < 4.78 is 5.30. The first-order chi connectivity index (χ1) is 13.2. The number of nitrogens with zero attached hydrogens (tertiary/aromatic N) is 2. The monoisotopic (exact) mass is 494 g/mol. The molecule has 3 rings (SSSR count). The normalized spacial score (nSPS) is 16.1. The third-order valence-electron chi connectivity index (χ3n) is 5.09. The Labute approximate surface area is 185 Å². The van der Waals surface area contributed by atoms with Gasteiger partial charge in [0, 0.05) is 5.69 Å². The summed E-state index contributed by atoms with van der Waals surface area (Å²) in [6.45, 7) is 4.92. The van der Waals surface area contributed by atoms with Gasteiger partial charge in [-0.3, -0.25) is 9.89 Å². The Balaban J connectivity index is 0.00000280. The number of nitrogens with one attached hydrogen (secondary N) is 1. The van der Waals surface area contributed by atoms with Crippen molar-refractivity contribution in [1.29, 1.82) is 0 Å². The number of guanidine groups is 1. The van der Waals surface area contributed by atoms with Crippen molar-refractivity contribution in [3.63, 3.8) is 0 Å². The average molecular weight is 494 g/mol. The van der Waals surface area contributed by atoms with E-state index in [2.05, 4.69) is 46.4 Å². The number of benzene rings is 2. The first-order valence-electron chi connectivity index (χ1n) is 9.67. The Bertz CT molecular complexity index is 740. The molecule has 1 saturated heterocycles. The summed E-state index contributed by atoms with van der Waals surface area (Å²) in [6.07, 6.45) is 3.80. The summed E-state index contributed by atoms with van der Waals surface area (Å²) in [5.74, 6) is 1.33. The molecule has 1 fully saturated rings. The summed E-state index contributed by atoms with van der Waals surface area (Å²) in [5, 5.41) is 3.19. The van der Waals surface area contributed by atoms with Crippen molar-refractivity contribution in [2.24, 2.45) is 10.7 Å². The van der Waals surface area contributed by atoms with Crippen LogP contribution < -0.4 is 15.8 Å². The molecular weight excluding hydrogens is 463 g/mol. The van der Waals surface area contributed by atoms with Crippen LogP contribution in [0.5, 0.6) is 5.75 Å². The Kier molecular flexibility index (Phi) is 9.05. The number of halogens is 1. The minimum absolute atomic E-state index is 0. The molecule has 2 aromatic rings. The van der Waals surface area contributed by atoms with E-state index < -0.39 is 0 Å². The minimum Gasteiger partial charge on any atom is -0.497 e. The van der Waals surface area contributed by atoms with Crippen LogP contribution in [-0.4, -0.2) is 37.6 Å². The average Bonchev–Trinajstić information content (AvgIpc) is 2.71. The van der Waals surface area contributed by atoms with Crippen LogP contribution in [0.25, 0.3) is 0 Å². The first kappa shape index (κ1) is 22.5. The van der Waals surface area contributed by atoms with Crippen LogP contribution in [0.15, 0.2) is 53.5 Å². The van der Waals surface area contributed by atoms with Crippen molar-refractivity contribution in [2.45, 2.75) is 32.2 Å². The Morgan fingerprint density at radius 3 is 2.32 bits per heavy atom. The molecule has 1 aliphatic rings. The van der Waals surface area contributed by atoms with Gasteiger partial charge in [-0.15, -0.1) is 24.0 Å². The minimum atomic E-state index is 0. The fourth-order valence-corrected chi connectivity index (χ4v) is 3.50. The van der Waals surface area contributed by atoms with Gasteiger partial charge >= 0.3 is 0 Å². The topological polar surface area (TPSA) is 62.9 Å². The molecule has 0 saturated carbocycles. The highest BCUT2D eigenvalue weighted by molar-refractivity contribution is 14.0. The molecule has 0 aromatic heterocycles. The van der Waals surface area contributed by atoms with Crippen LogP contribution >= 0.6 is 24.0 Å². The number of likely N-dealkylation sites (tertiary alicyclic amines) is 1. The second-order valence-corrected chi connectivity index (χ2v) is 7.10. The van der Waals surface area contributed by atoms with Crippen molar-refractivity contribution < 1.29 is 4.74 Å². The van der Waals surface area contributed by atoms with Crippen molar-refractivity contribution in [3.05, 3.63) is 59.7 Å². The maximum absolute atomic E-state index is 6.15. The number of piperidine rings is 1. The summed E-state index contributed by atoms with van der Waals surface area (Å²) in [6, 6.07) is 16.7. The maximum Gasteiger partial charge on any atom is 0.193 e. The lowest BCUT2D eigenvalue weighted by atomic mass is 10.0. The number of hydrogen-bond donors (Lipinski definition) is 2. The van der Waals surface area contributed by atoms with Gasteiger partial charge in [0.25, 0.3) is 0 Å². The molecule has 152 valence electrons. The van der Waals surface area contributed by atoms with Crippen molar-refractivity contribution in [2.75, 3.05) is 32.1 Å². The SMILES string of the molecule is COc1ccc(C(CN=C(N)Nc2ccc(C)cc2)N2CCCCC2)cc1.I. The van der Waals surface area contributed by atoms with E-state index in [1.54, 1.807) is 7.11 Å². The highest BCUT2D eigenvalue weighted by atomic mass is 127. The number of ether oxygens (including phenoxy) is 1. The van der Waals surface area contributed by atoms with Gasteiger partial charge in [-0.2, -0.15) is 0 Å². The van der Waals surface area contributed by atoms with E-state index in [4.69, 9.17) is 10.5 Å². The fourth-order valence-electron chi connectivity index (χ4n) is 3.50. The number of hydrogen-bond acceptors (Lipinski definition) is 3. The zero-order chi connectivity index (χ0) is 19.1. The molecular formula is C22H31IN4O. The first-order valence-corrected chi connectivity index (χ1v) is 9.67. The highest BCUT2D eigenvalue weighted by Crippen LogP contribution is 2.26. The number of aryl methyl sites for hydroxylation is 1. The summed E-state index contributed by atoms with van der Waals surface area (Å²) >= 11 is 0. The van der Waals surface area contributed by atoms with E-state index in [9.17, 15) is 0 Å². The molecule has 0 amide bonds. The van der Waals surface area contributed by atoms with Gasteiger partial charge in [0.15, 0.2) is 5.96 Å². The molecule has 1 unspecified atom stereocenters. The number of methoxy groups -OCH3 is 1. The van der Waals surface area contributed by atoms with Gasteiger partial charge in [0.2, 0.25) is 0 Å². The van der Waals surface area contributed by atoms with Gasteiger partial charge in [-0.25, -0.2) is 0 Å². The maximum atomic E-state index is 6.15. The second-order valence-electron chi connectivity index (χ2n) is 7.10. The Morgan fingerprint density at radius 1 is 1.07 bits per heavy atom. The summed E-state index contributed by atoms with van der Waals surface area (Å²) in [4.78, 5) is 7.17. The zero-order valence-electron chi connectivity index (χ0n) is 16.7. The molecule has 28 heavy (non-hydrogen) atoms. The van der Waals surface area contributed by atoms with E-state index in [-0.39, 0.29) is 30.0 Å². The van der Waals surface area contributed by atoms with Crippen LogP contribution in [0.2, 0.25) is 0 Å². The molecule has 1 aliphatic heterocycles. The molecule has 0 bridgehead atoms. The molecule has 5 nitrogen and oxygen atoms in total. The van der Waals surface area contributed by atoms with Crippen molar-refractivity contribution in [3.8, 4) is 5.75 Å². The van der Waals surface area contributed by atoms with Gasteiger partial charge < -0.3 is 15.8 Å². The third-order valence-corrected chi connectivity index (χ3v) is 5.09. The number of aliphatic imine (C=N–C) groups is 1. The quantitative estimate of drug-likeness (QED) is 0.351. The number of nitrogens with two attached hydrogens (primary N) is 1. The van der Waals surface area contributed by atoms with E-state index in [1.165, 1.54) is 30.4 Å². The Morgan fingerprint density at radius 2 is 1.71 bits per heavy atom. The number of rotatable bonds is 6. The molecule has 0 spiro atoms. The zero-order valence-corrected chi connectivity index (χ0v) is 19.1. The van der Waals surface area contributed by atoms with Crippen LogP contribution in [0, 0.1) is 6.92 Å². The lowest BCUT2D eigenvalue weighted by Gasteiger charge is -2.34. The van der Waals surface area contributed by atoms with Gasteiger partial charge in [0.1, 0.15) is 5.75 Å². The molecule has 0 aliphatic carbocycles. The van der Waals surface area contributed by atoms with Gasteiger partial charge in [-0.05, 0) is 62.7 Å². The standard InChI is InChI=1S/C22H30N4O.HI/c1-17-6-10-19(11-7-17)25-22(23)24-16-21(26-14-4-3-5-15-26)18-8-12-20(27-2)13-9-18;/h6-13,21H,3-5,14-16H2,1-2H3,(H3,23,24,25);1H. The lowest BCUT2D eigenvalue weighted by molar-refractivity contribution is 0.168. The lowest BCUT2D eigenvalue weighted by Crippen LogP contribution is -2.36. The fraction of sp³-hybridized carbons (Fsp3) is 0.409. The Hall–Kier alpha value is -1.80. The molecule has 1 heterocycles. The number of anilines is 1. The largest absolute Gasteiger partial charge is 0.497 e. The predicted octanol–water partition coefficient (Wildman–Crippen LogP) is 4.58. The van der Waals surface area contributed by atoms with Crippen LogP contribution in [0.3, 0.4) is 0 Å². The van der Waals surface area contributed by atoms with Gasteiger partial charge in [-0.1, -0.05) is 36.2 Å². The predicted molar refractivity (Wildman–Crippen MR) is 128 cm³/mol. The second kappa shape index (κ2) is 11.3. The molecule has 2 aromatic carbocycles. The van der Waals surface area contributed by atoms with Crippen molar-refractivity contribution in [1.82, 2.24) is 4.90 Å². The highest BCUT2D eigenvalue weighted by Gasteiger charge is 2.22. The van der Waals surface area contributed by atoms with Crippen molar-refractivity contribution >= 4 is 35.6 Å². The van der Waals surface area contributed by atoms with E-state index in [1.807, 2.05) is 24.3 Å². The van der Waals surface area contributed by atoms with E-state index in [0.717, 1.165) is 24.5 Å². The van der Waals surface area contributed by atoms with E-state index >= 15 is 0 Å². The van der Waals surface area contributed by atoms with Crippen LogP contribution in [0.4, 0.5) is 5.69 Å². The molecule has 3 N–H and O–H groups in total. The van der Waals surface area contributed by atoms with E-state index in [0.29, 0.717) is 12.5 Å². The molecule has 0 radical (unpaired) electrons. The van der Waals surface area contributed by atoms with Crippen LogP contribution in [-0.2, 0) is 0 Å². The summed E-state index contributed by atoms with van der Waals surface area (Å²) in [7, 11) is 1.69. The third kappa shape index (κ3) is 6.38. The molecule has 6 heteroatoms. The smallest absolute Gasteiger partial charge is 0.193 e. The van der Waals surface area contributed by atoms with Crippen LogP contribution in [0.1, 0.15) is 36.4 Å². The molecule has 1 atom stereocenters. The summed E-state index contributed by atoms with van der Waals surface area (Å²) in [5.41, 5.74) is 9.58. The van der Waals surface area contributed by atoms with Gasteiger partial charge in [0.05, 0.1) is 19.7 Å².